The fraction of sp³-hybridized carbons (Fsp3) is 0.556. The lowest BCUT2D eigenvalue weighted by molar-refractivity contribution is -0.159. The number of carboxylic acids is 1. The first kappa shape index (κ1) is 36.4. The van der Waals surface area contributed by atoms with Gasteiger partial charge in [0.2, 0.25) is 0 Å². The molecule has 4 rings (SSSR count). The van der Waals surface area contributed by atoms with Crippen molar-refractivity contribution in [2.45, 2.75) is 116 Å². The molecule has 0 aromatic heterocycles. The summed E-state index contributed by atoms with van der Waals surface area (Å²) in [5.41, 5.74) is -2.42. The summed E-state index contributed by atoms with van der Waals surface area (Å²) < 4.78 is 16.2. The van der Waals surface area contributed by atoms with E-state index >= 15 is 0 Å². The number of aliphatic carboxylic acids is 1. The van der Waals surface area contributed by atoms with Gasteiger partial charge in [-0.15, -0.1) is 0 Å². The third-order valence-electron chi connectivity index (χ3n) is 8.02. The minimum absolute atomic E-state index is 0.0859. The molecule has 0 heterocycles. The van der Waals surface area contributed by atoms with Gasteiger partial charge in [-0.2, -0.15) is 0 Å². The molecule has 46 heavy (non-hydrogen) atoms. The molecule has 10 nitrogen and oxygen atoms in total. The van der Waals surface area contributed by atoms with E-state index < -0.39 is 52.0 Å². The monoisotopic (exact) mass is 638 g/mol. The zero-order chi connectivity index (χ0) is 34.9. The fourth-order valence-electron chi connectivity index (χ4n) is 5.98. The Morgan fingerprint density at radius 2 is 0.913 bits per heavy atom. The quantitative estimate of drug-likeness (QED) is 0.232. The Labute approximate surface area is 272 Å². The number of benzene rings is 2. The maximum absolute atomic E-state index is 12.9. The minimum Gasteiger partial charge on any atom is -0.479 e. The van der Waals surface area contributed by atoms with E-state index in [1.54, 1.807) is 41.5 Å². The Morgan fingerprint density at radius 1 is 0.587 bits per heavy atom. The van der Waals surface area contributed by atoms with Gasteiger partial charge in [-0.3, -0.25) is 0 Å². The summed E-state index contributed by atoms with van der Waals surface area (Å²) in [4.78, 5) is 49.0. The molecule has 0 saturated heterocycles. The summed E-state index contributed by atoms with van der Waals surface area (Å²) in [6.07, 6.45) is -1.31. The summed E-state index contributed by atoms with van der Waals surface area (Å²) in [6.45, 7) is 19.8. The second kappa shape index (κ2) is 13.0. The smallest absolute Gasteiger partial charge is 0.408 e. The molecule has 2 aromatic rings. The number of ether oxygens (including phenoxy) is 3. The van der Waals surface area contributed by atoms with Crippen LogP contribution in [0.15, 0.2) is 60.7 Å². The highest BCUT2D eigenvalue weighted by Crippen LogP contribution is 2.59. The van der Waals surface area contributed by atoms with Crippen LogP contribution < -0.4 is 10.6 Å². The van der Waals surface area contributed by atoms with E-state index in [2.05, 4.69) is 10.6 Å². The van der Waals surface area contributed by atoms with Crippen molar-refractivity contribution in [1.82, 2.24) is 10.6 Å². The Hall–Kier alpha value is -4.08. The molecule has 0 radical (unpaired) electrons. The second-order valence-electron chi connectivity index (χ2n) is 15.2. The number of carboxylic acid groups (broad SMARTS) is 1. The van der Waals surface area contributed by atoms with E-state index in [9.17, 15) is 24.3 Å². The van der Waals surface area contributed by atoms with E-state index in [0.29, 0.717) is 0 Å². The summed E-state index contributed by atoms with van der Waals surface area (Å²) in [5.74, 6) is -2.12. The summed E-state index contributed by atoms with van der Waals surface area (Å²) in [5, 5.41) is 15.0. The molecular formula is C36H50N2O8. The molecule has 2 aliphatic rings. The third kappa shape index (κ3) is 8.39. The highest BCUT2D eigenvalue weighted by Gasteiger charge is 2.71. The standard InChI is InChI=1S/C20H29NO4.C16H21NO4/c1-13-15(14-11-9-8-10-12-14)20(13,16(22)24-18(2,3)4)21-17(23)25-19(5,6)7;1-10-12(11-8-6-5-7-9-11)16(10,13(18)19)17-14(20)21-15(2,3)4/h8-13,15H,1-7H3,(H,21,23);5-10,12H,1-4H3,(H,17,20)(H,18,19)/t13?,15-,20+;10?,12-,16+/m11/s1. The number of carbonyl (C=O) groups is 4. The summed E-state index contributed by atoms with van der Waals surface area (Å²) in [6, 6.07) is 19.1. The molecule has 10 heteroatoms. The van der Waals surface area contributed by atoms with Gasteiger partial charge in [0.25, 0.3) is 0 Å². The Kier molecular flexibility index (Phi) is 10.3. The molecule has 2 aliphatic carbocycles. The van der Waals surface area contributed by atoms with E-state index in [1.165, 1.54) is 0 Å². The fourth-order valence-corrected chi connectivity index (χ4v) is 5.98. The van der Waals surface area contributed by atoms with Gasteiger partial charge in [-0.05, 0) is 73.4 Å². The second-order valence-corrected chi connectivity index (χ2v) is 15.2. The highest BCUT2D eigenvalue weighted by atomic mass is 16.6. The van der Waals surface area contributed by atoms with Gasteiger partial charge >= 0.3 is 24.1 Å². The van der Waals surface area contributed by atoms with Gasteiger partial charge in [0.15, 0.2) is 11.1 Å². The van der Waals surface area contributed by atoms with Crippen LogP contribution in [0.5, 0.6) is 0 Å². The maximum Gasteiger partial charge on any atom is 0.408 e. The van der Waals surface area contributed by atoms with Crippen molar-refractivity contribution in [2.24, 2.45) is 11.8 Å². The minimum atomic E-state index is -1.29. The summed E-state index contributed by atoms with van der Waals surface area (Å²) in [7, 11) is 0. The first-order chi connectivity index (χ1) is 21.0. The van der Waals surface area contributed by atoms with Crippen LogP contribution in [0, 0.1) is 11.8 Å². The zero-order valence-corrected chi connectivity index (χ0v) is 28.9. The SMILES string of the molecule is CC1[C@H](c2ccccc2)[C@]1(NC(=O)OC(C)(C)C)C(=O)O.CC1[C@H](c2ccccc2)[C@]1(NC(=O)OC(C)(C)C)C(=O)OC(C)(C)C. The molecule has 0 bridgehead atoms. The normalized spacial score (nSPS) is 26.8. The van der Waals surface area contributed by atoms with Gasteiger partial charge in [0.05, 0.1) is 0 Å². The number of rotatable bonds is 6. The summed E-state index contributed by atoms with van der Waals surface area (Å²) >= 11 is 0. The van der Waals surface area contributed by atoms with Crippen molar-refractivity contribution in [3.05, 3.63) is 71.8 Å². The number of hydrogen-bond donors (Lipinski definition) is 3. The van der Waals surface area contributed by atoms with E-state index in [1.807, 2.05) is 95.3 Å². The maximum atomic E-state index is 12.9. The van der Waals surface area contributed by atoms with Crippen molar-refractivity contribution in [1.29, 1.82) is 0 Å². The molecule has 2 amide bonds. The molecule has 2 aromatic carbocycles. The van der Waals surface area contributed by atoms with Crippen LogP contribution in [-0.4, -0.2) is 57.1 Å². The van der Waals surface area contributed by atoms with Gasteiger partial charge in [-0.1, -0.05) is 74.5 Å². The molecular weight excluding hydrogens is 588 g/mol. The number of alkyl carbamates (subject to hydrolysis) is 2. The van der Waals surface area contributed by atoms with Crippen molar-refractivity contribution in [3.8, 4) is 0 Å². The number of carbonyl (C=O) groups excluding carboxylic acids is 3. The van der Waals surface area contributed by atoms with Crippen LogP contribution >= 0.6 is 0 Å². The van der Waals surface area contributed by atoms with Gasteiger partial charge in [0, 0.05) is 23.7 Å². The molecule has 0 spiro atoms. The largest absolute Gasteiger partial charge is 0.479 e. The van der Waals surface area contributed by atoms with Crippen LogP contribution in [0.25, 0.3) is 0 Å². The van der Waals surface area contributed by atoms with Crippen LogP contribution in [0.1, 0.15) is 99.1 Å². The molecule has 6 atom stereocenters. The first-order valence-electron chi connectivity index (χ1n) is 15.6. The number of nitrogens with one attached hydrogen (secondary N) is 2. The molecule has 2 saturated carbocycles. The van der Waals surface area contributed by atoms with Crippen molar-refractivity contribution < 1.29 is 38.5 Å². The topological polar surface area (TPSA) is 140 Å². The van der Waals surface area contributed by atoms with Crippen LogP contribution in [0.4, 0.5) is 9.59 Å². The van der Waals surface area contributed by atoms with Crippen LogP contribution in [0.3, 0.4) is 0 Å². The number of esters is 1. The van der Waals surface area contributed by atoms with Gasteiger partial charge in [-0.25, -0.2) is 19.2 Å². The van der Waals surface area contributed by atoms with Crippen LogP contribution in [0.2, 0.25) is 0 Å². The molecule has 0 aliphatic heterocycles. The van der Waals surface area contributed by atoms with Crippen molar-refractivity contribution in [2.75, 3.05) is 0 Å². The average molecular weight is 639 g/mol. The van der Waals surface area contributed by atoms with Gasteiger partial charge < -0.3 is 30.0 Å². The Balaban J connectivity index is 0.000000254. The average Bonchev–Trinajstić information content (AvgIpc) is 3.71. The molecule has 2 fully saturated rings. The third-order valence-corrected chi connectivity index (χ3v) is 8.02. The predicted molar refractivity (Wildman–Crippen MR) is 174 cm³/mol. The molecule has 252 valence electrons. The van der Waals surface area contributed by atoms with Crippen LogP contribution in [-0.2, 0) is 23.8 Å². The zero-order valence-electron chi connectivity index (χ0n) is 28.9. The number of amides is 2. The lowest BCUT2D eigenvalue weighted by Crippen LogP contribution is -2.50. The molecule has 2 unspecified atom stereocenters. The van der Waals surface area contributed by atoms with Crippen molar-refractivity contribution in [3.63, 3.8) is 0 Å². The lowest BCUT2D eigenvalue weighted by Gasteiger charge is -2.27. The number of hydrogen-bond acceptors (Lipinski definition) is 7. The van der Waals surface area contributed by atoms with Gasteiger partial charge in [0.1, 0.15) is 16.8 Å². The Morgan fingerprint density at radius 3 is 1.26 bits per heavy atom. The van der Waals surface area contributed by atoms with Crippen molar-refractivity contribution >= 4 is 24.1 Å². The molecule has 3 N–H and O–H groups in total. The first-order valence-corrected chi connectivity index (χ1v) is 15.6. The van der Waals surface area contributed by atoms with E-state index in [0.717, 1.165) is 11.1 Å². The predicted octanol–water partition coefficient (Wildman–Crippen LogP) is 6.79. The Bertz CT molecular complexity index is 1410. The van der Waals surface area contributed by atoms with E-state index in [4.69, 9.17) is 14.2 Å². The van der Waals surface area contributed by atoms with E-state index in [-0.39, 0.29) is 23.7 Å². The highest BCUT2D eigenvalue weighted by molar-refractivity contribution is 5.92. The lowest BCUT2D eigenvalue weighted by atomic mass is 10.1.